The predicted octanol–water partition coefficient (Wildman–Crippen LogP) is 3.81. The molecule has 0 aromatic heterocycles. The molecule has 1 aliphatic carbocycles. The van der Waals surface area contributed by atoms with Crippen molar-refractivity contribution in [1.29, 1.82) is 0 Å². The summed E-state index contributed by atoms with van der Waals surface area (Å²) in [5.74, 6) is 0.597. The molecule has 11 heavy (non-hydrogen) atoms. The molecule has 0 aliphatic heterocycles. The molecule has 0 atom stereocenters. The second-order valence-corrected chi connectivity index (χ2v) is 4.15. The van der Waals surface area contributed by atoms with Crippen LogP contribution in [0.4, 0.5) is 0 Å². The summed E-state index contributed by atoms with van der Waals surface area (Å²) < 4.78 is 1.23. The van der Waals surface area contributed by atoms with Crippen LogP contribution in [-0.2, 0) is 0 Å². The highest BCUT2D eigenvalue weighted by Gasteiger charge is 2.09. The highest BCUT2D eigenvalue weighted by atomic mass is 79.9. The zero-order valence-corrected chi connectivity index (χ0v) is 8.61. The molecule has 1 heteroatoms. The summed E-state index contributed by atoms with van der Waals surface area (Å²) in [4.78, 5) is 0. The molecule has 60 valence electrons. The zero-order chi connectivity index (χ0) is 8.43. The first-order chi connectivity index (χ1) is 5.11. The minimum Gasteiger partial charge on any atom is -0.0915 e. The van der Waals surface area contributed by atoms with E-state index in [0.29, 0.717) is 5.92 Å². The molecule has 1 aliphatic rings. The number of allylic oxidation sites excluding steroid dienone is 5. The summed E-state index contributed by atoms with van der Waals surface area (Å²) >= 11 is 3.46. The molecule has 0 radical (unpaired) electrons. The number of hydrogen-bond donors (Lipinski definition) is 0. The lowest BCUT2D eigenvalue weighted by molar-refractivity contribution is 0.775. The number of hydrogen-bond acceptors (Lipinski definition) is 0. The molecule has 1 rings (SSSR count). The van der Waals surface area contributed by atoms with Gasteiger partial charge in [-0.05, 0) is 34.0 Å². The van der Waals surface area contributed by atoms with E-state index in [1.54, 1.807) is 0 Å². The molecular formula is C10H13Br. The molecule has 0 heterocycles. The Balaban J connectivity index is 2.80. The first-order valence-electron chi connectivity index (χ1n) is 3.86. The molecule has 0 N–H and O–H groups in total. The summed E-state index contributed by atoms with van der Waals surface area (Å²) in [5.41, 5.74) is 2.53. The van der Waals surface area contributed by atoms with Crippen LogP contribution < -0.4 is 0 Å². The highest BCUT2D eigenvalue weighted by Crippen LogP contribution is 2.29. The lowest BCUT2D eigenvalue weighted by Gasteiger charge is -2.16. The molecule has 0 nitrogen and oxygen atoms in total. The van der Waals surface area contributed by atoms with Crippen LogP contribution in [0, 0.1) is 5.92 Å². The van der Waals surface area contributed by atoms with Gasteiger partial charge in [0.05, 0.1) is 0 Å². The third-order valence-corrected chi connectivity index (χ3v) is 2.39. The van der Waals surface area contributed by atoms with Crippen molar-refractivity contribution in [2.24, 2.45) is 5.92 Å². The van der Waals surface area contributed by atoms with Gasteiger partial charge in [0, 0.05) is 0 Å². The maximum absolute atomic E-state index is 3.99. The first-order valence-corrected chi connectivity index (χ1v) is 4.66. The zero-order valence-electron chi connectivity index (χ0n) is 7.02. The molecule has 0 amide bonds. The Morgan fingerprint density at radius 1 is 1.55 bits per heavy atom. The van der Waals surface area contributed by atoms with Gasteiger partial charge in [0.15, 0.2) is 0 Å². The quantitative estimate of drug-likeness (QED) is 0.621. The van der Waals surface area contributed by atoms with Gasteiger partial charge in [0.2, 0.25) is 0 Å². The molecule has 0 saturated carbocycles. The largest absolute Gasteiger partial charge is 0.0915 e. The lowest BCUT2D eigenvalue weighted by Crippen LogP contribution is -1.99. The van der Waals surface area contributed by atoms with Gasteiger partial charge in [-0.1, -0.05) is 42.4 Å². The monoisotopic (exact) mass is 212 g/mol. The van der Waals surface area contributed by atoms with Gasteiger partial charge in [-0.2, -0.15) is 0 Å². The van der Waals surface area contributed by atoms with Crippen LogP contribution in [0.15, 0.2) is 34.4 Å². The van der Waals surface area contributed by atoms with Crippen LogP contribution in [0.5, 0.6) is 0 Å². The van der Waals surface area contributed by atoms with E-state index >= 15 is 0 Å². The summed E-state index contributed by atoms with van der Waals surface area (Å²) in [6, 6.07) is 0. The van der Waals surface area contributed by atoms with E-state index in [4.69, 9.17) is 0 Å². The van der Waals surface area contributed by atoms with E-state index in [-0.39, 0.29) is 0 Å². The maximum atomic E-state index is 3.99. The first kappa shape index (κ1) is 8.79. The van der Waals surface area contributed by atoms with E-state index in [1.807, 2.05) is 0 Å². The normalized spacial score (nSPS) is 18.4. The molecule has 0 fully saturated rings. The predicted molar refractivity (Wildman–Crippen MR) is 53.7 cm³/mol. The van der Waals surface area contributed by atoms with E-state index in [2.05, 4.69) is 48.5 Å². The fraction of sp³-hybridized carbons (Fsp3) is 0.400. The van der Waals surface area contributed by atoms with Crippen LogP contribution in [0.1, 0.15) is 20.3 Å². The van der Waals surface area contributed by atoms with Crippen molar-refractivity contribution in [3.8, 4) is 0 Å². The van der Waals surface area contributed by atoms with Gasteiger partial charge in [0.25, 0.3) is 0 Å². The SMILES string of the molecule is C=C1C=C(Br)CC=C1C(C)C. The molecule has 0 spiro atoms. The summed E-state index contributed by atoms with van der Waals surface area (Å²) in [6.45, 7) is 8.39. The van der Waals surface area contributed by atoms with Crippen molar-refractivity contribution in [2.75, 3.05) is 0 Å². The minimum absolute atomic E-state index is 0.597. The van der Waals surface area contributed by atoms with Crippen molar-refractivity contribution < 1.29 is 0 Å². The van der Waals surface area contributed by atoms with Gasteiger partial charge in [-0.15, -0.1) is 0 Å². The van der Waals surface area contributed by atoms with Gasteiger partial charge in [-0.25, -0.2) is 0 Å². The van der Waals surface area contributed by atoms with Crippen molar-refractivity contribution in [2.45, 2.75) is 20.3 Å². The Morgan fingerprint density at radius 2 is 2.18 bits per heavy atom. The minimum atomic E-state index is 0.597. The average molecular weight is 213 g/mol. The van der Waals surface area contributed by atoms with E-state index in [1.165, 1.54) is 10.1 Å². The highest BCUT2D eigenvalue weighted by molar-refractivity contribution is 9.11. The van der Waals surface area contributed by atoms with E-state index in [0.717, 1.165) is 12.0 Å². The maximum Gasteiger partial charge on any atom is -0.000564 e. The van der Waals surface area contributed by atoms with Crippen molar-refractivity contribution >= 4 is 15.9 Å². The third-order valence-electron chi connectivity index (χ3n) is 1.84. The van der Waals surface area contributed by atoms with Crippen LogP contribution in [-0.4, -0.2) is 0 Å². The summed E-state index contributed by atoms with van der Waals surface area (Å²) in [6.07, 6.45) is 5.37. The second kappa shape index (κ2) is 3.40. The Labute approximate surface area is 76.8 Å². The smallest absolute Gasteiger partial charge is 0.000564 e. The van der Waals surface area contributed by atoms with Crippen molar-refractivity contribution in [1.82, 2.24) is 0 Å². The Hall–Kier alpha value is -0.300. The second-order valence-electron chi connectivity index (χ2n) is 3.13. The van der Waals surface area contributed by atoms with Gasteiger partial charge in [0.1, 0.15) is 0 Å². The van der Waals surface area contributed by atoms with Crippen LogP contribution in [0.3, 0.4) is 0 Å². The molecular weight excluding hydrogens is 200 g/mol. The fourth-order valence-electron chi connectivity index (χ4n) is 1.28. The van der Waals surface area contributed by atoms with Crippen molar-refractivity contribution in [3.05, 3.63) is 34.4 Å². The Bertz CT molecular complexity index is 231. The Morgan fingerprint density at radius 3 is 2.64 bits per heavy atom. The average Bonchev–Trinajstić information content (AvgIpc) is 1.85. The molecule has 0 aromatic rings. The molecule has 0 saturated heterocycles. The Kier molecular flexibility index (Phi) is 2.72. The molecule has 0 bridgehead atoms. The third kappa shape index (κ3) is 2.06. The van der Waals surface area contributed by atoms with Gasteiger partial charge in [-0.3, -0.25) is 0 Å². The lowest BCUT2D eigenvalue weighted by atomic mass is 9.92. The molecule has 0 aromatic carbocycles. The van der Waals surface area contributed by atoms with Crippen LogP contribution in [0.2, 0.25) is 0 Å². The number of halogens is 1. The van der Waals surface area contributed by atoms with E-state index in [9.17, 15) is 0 Å². The van der Waals surface area contributed by atoms with Crippen LogP contribution in [0.25, 0.3) is 0 Å². The summed E-state index contributed by atoms with van der Waals surface area (Å²) in [5, 5.41) is 0. The van der Waals surface area contributed by atoms with Crippen molar-refractivity contribution in [3.63, 3.8) is 0 Å². The summed E-state index contributed by atoms with van der Waals surface area (Å²) in [7, 11) is 0. The standard InChI is InChI=1S/C10H13Br/c1-7(2)10-5-4-9(11)6-8(10)3/h5-7H,3-4H2,1-2H3. The topological polar surface area (TPSA) is 0 Å². The van der Waals surface area contributed by atoms with Crippen LogP contribution >= 0.6 is 15.9 Å². The van der Waals surface area contributed by atoms with Gasteiger partial charge >= 0.3 is 0 Å². The number of rotatable bonds is 1. The van der Waals surface area contributed by atoms with E-state index < -0.39 is 0 Å². The van der Waals surface area contributed by atoms with Gasteiger partial charge < -0.3 is 0 Å². The molecule has 0 unspecified atom stereocenters. The fourth-order valence-corrected chi connectivity index (χ4v) is 1.71.